The third-order valence-electron chi connectivity index (χ3n) is 4.41. The summed E-state index contributed by atoms with van der Waals surface area (Å²) >= 11 is 1.63. The standard InChI is InChI=1S/C19H25N3OS/c23-18(21-10-8-16-7-4-9-20-13-16)12-17-14-24-19(22-17)11-15-5-2-1-3-6-15/h1-3,5-6,14,16,20H,4,7-13H2,(H,21,23). The van der Waals surface area contributed by atoms with Crippen LogP contribution < -0.4 is 10.6 Å². The van der Waals surface area contributed by atoms with Gasteiger partial charge in [0.05, 0.1) is 17.1 Å². The van der Waals surface area contributed by atoms with Gasteiger partial charge in [-0.05, 0) is 43.8 Å². The molecule has 24 heavy (non-hydrogen) atoms. The Morgan fingerprint density at radius 3 is 3.00 bits per heavy atom. The van der Waals surface area contributed by atoms with Crippen LogP contribution in [0.4, 0.5) is 0 Å². The molecular weight excluding hydrogens is 318 g/mol. The number of nitrogens with zero attached hydrogens (tertiary/aromatic N) is 1. The lowest BCUT2D eigenvalue weighted by Crippen LogP contribution is -2.33. The number of carbonyl (C=O) groups excluding carboxylic acids is 1. The van der Waals surface area contributed by atoms with Gasteiger partial charge in [-0.3, -0.25) is 4.79 Å². The number of carbonyl (C=O) groups is 1. The first kappa shape index (κ1) is 17.1. The molecule has 1 unspecified atom stereocenters. The molecule has 3 rings (SSSR count). The van der Waals surface area contributed by atoms with Crippen molar-refractivity contribution in [2.75, 3.05) is 19.6 Å². The number of aromatic nitrogens is 1. The monoisotopic (exact) mass is 343 g/mol. The van der Waals surface area contributed by atoms with E-state index in [1.807, 2.05) is 23.6 Å². The summed E-state index contributed by atoms with van der Waals surface area (Å²) in [6.07, 6.45) is 4.81. The number of hydrogen-bond acceptors (Lipinski definition) is 4. The van der Waals surface area contributed by atoms with E-state index in [1.54, 1.807) is 11.3 Å². The molecule has 128 valence electrons. The highest BCUT2D eigenvalue weighted by Crippen LogP contribution is 2.15. The molecule has 0 saturated carbocycles. The van der Waals surface area contributed by atoms with Gasteiger partial charge in [-0.15, -0.1) is 11.3 Å². The van der Waals surface area contributed by atoms with Crippen LogP contribution in [0.25, 0.3) is 0 Å². The van der Waals surface area contributed by atoms with Gasteiger partial charge in [-0.2, -0.15) is 0 Å². The quantitative estimate of drug-likeness (QED) is 0.813. The highest BCUT2D eigenvalue weighted by Gasteiger charge is 2.13. The average Bonchev–Trinajstić information content (AvgIpc) is 3.03. The predicted octanol–water partition coefficient (Wildman–Crippen LogP) is 2.78. The summed E-state index contributed by atoms with van der Waals surface area (Å²) < 4.78 is 0. The molecule has 1 fully saturated rings. The Morgan fingerprint density at radius 1 is 1.33 bits per heavy atom. The summed E-state index contributed by atoms with van der Waals surface area (Å²) in [5.41, 5.74) is 2.13. The highest BCUT2D eigenvalue weighted by molar-refractivity contribution is 7.09. The van der Waals surface area contributed by atoms with E-state index in [0.717, 1.165) is 43.2 Å². The Balaban J connectivity index is 1.40. The van der Waals surface area contributed by atoms with Crippen LogP contribution >= 0.6 is 11.3 Å². The van der Waals surface area contributed by atoms with Crippen LogP contribution in [0.1, 0.15) is 35.5 Å². The van der Waals surface area contributed by atoms with Gasteiger partial charge in [0.15, 0.2) is 0 Å². The maximum atomic E-state index is 12.1. The molecule has 4 nitrogen and oxygen atoms in total. The molecule has 2 N–H and O–H groups in total. The number of amides is 1. The van der Waals surface area contributed by atoms with Crippen molar-refractivity contribution in [1.29, 1.82) is 0 Å². The summed E-state index contributed by atoms with van der Waals surface area (Å²) in [4.78, 5) is 16.7. The van der Waals surface area contributed by atoms with E-state index in [0.29, 0.717) is 12.3 Å². The zero-order chi connectivity index (χ0) is 16.6. The summed E-state index contributed by atoms with van der Waals surface area (Å²) in [5.74, 6) is 0.783. The summed E-state index contributed by atoms with van der Waals surface area (Å²) in [5, 5.41) is 9.52. The molecule has 0 bridgehead atoms. The van der Waals surface area contributed by atoms with E-state index < -0.39 is 0 Å². The van der Waals surface area contributed by atoms with Crippen LogP contribution in [0, 0.1) is 5.92 Å². The SMILES string of the molecule is O=C(Cc1csc(Cc2ccccc2)n1)NCCC1CCCNC1. The lowest BCUT2D eigenvalue weighted by Gasteiger charge is -2.22. The number of rotatable bonds is 7. The molecule has 0 radical (unpaired) electrons. The minimum atomic E-state index is 0.0790. The predicted molar refractivity (Wildman–Crippen MR) is 98.3 cm³/mol. The molecule has 0 spiro atoms. The minimum absolute atomic E-state index is 0.0790. The zero-order valence-corrected chi connectivity index (χ0v) is 14.8. The summed E-state index contributed by atoms with van der Waals surface area (Å²) in [6, 6.07) is 10.3. The minimum Gasteiger partial charge on any atom is -0.356 e. The molecule has 1 saturated heterocycles. The molecule has 2 heterocycles. The van der Waals surface area contributed by atoms with Crippen molar-refractivity contribution in [1.82, 2.24) is 15.6 Å². The van der Waals surface area contributed by atoms with Gasteiger partial charge < -0.3 is 10.6 Å². The molecule has 1 aliphatic rings. The molecule has 2 aromatic rings. The highest BCUT2D eigenvalue weighted by atomic mass is 32.1. The van der Waals surface area contributed by atoms with Gasteiger partial charge >= 0.3 is 0 Å². The summed E-state index contributed by atoms with van der Waals surface area (Å²) in [6.45, 7) is 3.00. The fraction of sp³-hybridized carbons (Fsp3) is 0.474. The van der Waals surface area contributed by atoms with Gasteiger partial charge in [0.2, 0.25) is 5.91 Å². The van der Waals surface area contributed by atoms with Crippen molar-refractivity contribution in [3.63, 3.8) is 0 Å². The first-order valence-electron chi connectivity index (χ1n) is 8.74. The Labute approximate surface area is 147 Å². The molecule has 1 aromatic heterocycles. The fourth-order valence-electron chi connectivity index (χ4n) is 3.09. The first-order chi connectivity index (χ1) is 11.8. The maximum Gasteiger partial charge on any atom is 0.226 e. The Bertz CT molecular complexity index is 635. The lowest BCUT2D eigenvalue weighted by molar-refractivity contribution is -0.120. The molecular formula is C19H25N3OS. The van der Waals surface area contributed by atoms with Crippen LogP contribution in [-0.2, 0) is 17.6 Å². The average molecular weight is 343 g/mol. The van der Waals surface area contributed by atoms with Crippen LogP contribution in [0.5, 0.6) is 0 Å². The van der Waals surface area contributed by atoms with Gasteiger partial charge in [-0.25, -0.2) is 4.98 Å². The number of piperidine rings is 1. The second-order valence-corrected chi connectivity index (χ2v) is 7.37. The van der Waals surface area contributed by atoms with Gasteiger partial charge in [0.1, 0.15) is 0 Å². The molecule has 1 aliphatic heterocycles. The largest absolute Gasteiger partial charge is 0.356 e. The molecule has 0 aliphatic carbocycles. The van der Waals surface area contributed by atoms with Crippen molar-refractivity contribution < 1.29 is 4.79 Å². The van der Waals surface area contributed by atoms with Crippen molar-refractivity contribution in [2.45, 2.75) is 32.1 Å². The molecule has 1 amide bonds. The fourth-order valence-corrected chi connectivity index (χ4v) is 3.92. The first-order valence-corrected chi connectivity index (χ1v) is 9.62. The number of benzene rings is 1. The normalized spacial score (nSPS) is 17.6. The van der Waals surface area contributed by atoms with Crippen LogP contribution in [0.3, 0.4) is 0 Å². The maximum absolute atomic E-state index is 12.1. The Hall–Kier alpha value is -1.72. The smallest absolute Gasteiger partial charge is 0.226 e. The van der Waals surface area contributed by atoms with Gasteiger partial charge in [-0.1, -0.05) is 30.3 Å². The van der Waals surface area contributed by atoms with E-state index in [-0.39, 0.29) is 5.91 Å². The second kappa shape index (κ2) is 8.94. The van der Waals surface area contributed by atoms with Crippen molar-refractivity contribution in [3.05, 3.63) is 52.0 Å². The van der Waals surface area contributed by atoms with Crippen LogP contribution in [-0.4, -0.2) is 30.5 Å². The topological polar surface area (TPSA) is 54.0 Å². The van der Waals surface area contributed by atoms with E-state index in [9.17, 15) is 4.79 Å². The number of nitrogens with one attached hydrogen (secondary N) is 2. The summed E-state index contributed by atoms with van der Waals surface area (Å²) in [7, 11) is 0. The van der Waals surface area contributed by atoms with Crippen molar-refractivity contribution in [2.24, 2.45) is 5.92 Å². The van der Waals surface area contributed by atoms with E-state index >= 15 is 0 Å². The van der Waals surface area contributed by atoms with Crippen LogP contribution in [0.15, 0.2) is 35.7 Å². The second-order valence-electron chi connectivity index (χ2n) is 6.42. The zero-order valence-electron chi connectivity index (χ0n) is 14.0. The molecule has 5 heteroatoms. The van der Waals surface area contributed by atoms with E-state index in [2.05, 4.69) is 27.8 Å². The van der Waals surface area contributed by atoms with Crippen LogP contribution in [0.2, 0.25) is 0 Å². The third-order valence-corrected chi connectivity index (χ3v) is 5.31. The number of hydrogen-bond donors (Lipinski definition) is 2. The van der Waals surface area contributed by atoms with Gasteiger partial charge in [0.25, 0.3) is 0 Å². The van der Waals surface area contributed by atoms with E-state index in [4.69, 9.17) is 0 Å². The third kappa shape index (κ3) is 5.42. The van der Waals surface area contributed by atoms with Crippen molar-refractivity contribution in [3.8, 4) is 0 Å². The molecule has 1 aromatic carbocycles. The van der Waals surface area contributed by atoms with E-state index in [1.165, 1.54) is 18.4 Å². The van der Waals surface area contributed by atoms with Crippen molar-refractivity contribution >= 4 is 17.2 Å². The Kier molecular flexibility index (Phi) is 6.38. The Morgan fingerprint density at radius 2 is 2.21 bits per heavy atom. The number of thiazole rings is 1. The lowest BCUT2D eigenvalue weighted by atomic mass is 9.96. The van der Waals surface area contributed by atoms with Gasteiger partial charge in [0, 0.05) is 18.3 Å². The molecule has 1 atom stereocenters.